The number of benzene rings is 1. The van der Waals surface area contributed by atoms with E-state index in [1.807, 2.05) is 31.2 Å². The summed E-state index contributed by atoms with van der Waals surface area (Å²) in [6, 6.07) is 7.34. The van der Waals surface area contributed by atoms with Gasteiger partial charge in [0, 0.05) is 25.4 Å². The maximum Gasteiger partial charge on any atom is 0.319 e. The van der Waals surface area contributed by atoms with E-state index in [4.69, 9.17) is 10.5 Å². The van der Waals surface area contributed by atoms with Crippen LogP contribution < -0.4 is 16.4 Å². The highest BCUT2D eigenvalue weighted by Crippen LogP contribution is 2.34. The van der Waals surface area contributed by atoms with Crippen LogP contribution in [0.15, 0.2) is 24.3 Å². The van der Waals surface area contributed by atoms with Gasteiger partial charge in [-0.15, -0.1) is 0 Å². The number of rotatable bonds is 5. The molecule has 20 heavy (non-hydrogen) atoms. The van der Waals surface area contributed by atoms with E-state index in [1.54, 1.807) is 7.11 Å². The van der Waals surface area contributed by atoms with Gasteiger partial charge >= 0.3 is 6.03 Å². The first-order valence-corrected chi connectivity index (χ1v) is 7.00. The lowest BCUT2D eigenvalue weighted by Crippen LogP contribution is -2.50. The number of carbonyl (C=O) groups excluding carboxylic acids is 1. The second-order valence-corrected chi connectivity index (χ2v) is 5.46. The summed E-state index contributed by atoms with van der Waals surface area (Å²) in [4.78, 5) is 11.8. The lowest BCUT2D eigenvalue weighted by Gasteiger charge is -2.40. The number of anilines is 1. The number of carbonyl (C=O) groups is 1. The number of hydrogen-bond donors (Lipinski definition) is 3. The molecule has 0 radical (unpaired) electrons. The average molecular weight is 277 g/mol. The number of hydrogen-bond acceptors (Lipinski definition) is 3. The molecule has 0 bridgehead atoms. The smallest absolute Gasteiger partial charge is 0.319 e. The molecule has 0 saturated heterocycles. The Kier molecular flexibility index (Phi) is 4.62. The van der Waals surface area contributed by atoms with Crippen molar-refractivity contribution in [2.24, 2.45) is 5.73 Å². The Morgan fingerprint density at radius 1 is 1.40 bits per heavy atom. The standard InChI is InChI=1S/C15H23N3O2/c1-11(16)12-4-6-13(7-5-12)18-14(19)17-10-15(20-2)8-3-9-15/h4-7,11H,3,8-10,16H2,1-2H3,(H2,17,18,19). The molecule has 5 nitrogen and oxygen atoms in total. The van der Waals surface area contributed by atoms with Crippen LogP contribution in [0.25, 0.3) is 0 Å². The number of nitrogens with one attached hydrogen (secondary N) is 2. The molecular formula is C15H23N3O2. The Bertz CT molecular complexity index is 447. The third-order valence-corrected chi connectivity index (χ3v) is 3.96. The van der Waals surface area contributed by atoms with E-state index in [9.17, 15) is 4.79 Å². The third kappa shape index (κ3) is 3.49. The molecule has 2 rings (SSSR count). The minimum atomic E-state index is -0.207. The van der Waals surface area contributed by atoms with Crippen LogP contribution in [0.1, 0.15) is 37.8 Å². The number of urea groups is 1. The Morgan fingerprint density at radius 2 is 2.05 bits per heavy atom. The van der Waals surface area contributed by atoms with Gasteiger partial charge in [-0.25, -0.2) is 4.79 Å². The molecule has 1 saturated carbocycles. The van der Waals surface area contributed by atoms with Crippen LogP contribution in [0, 0.1) is 0 Å². The average Bonchev–Trinajstić information content (AvgIpc) is 2.38. The van der Waals surface area contributed by atoms with Gasteiger partial charge in [0.15, 0.2) is 0 Å². The van der Waals surface area contributed by atoms with E-state index in [0.717, 1.165) is 30.5 Å². The first kappa shape index (κ1) is 14.8. The van der Waals surface area contributed by atoms with E-state index in [1.165, 1.54) is 0 Å². The van der Waals surface area contributed by atoms with Gasteiger partial charge in [-0.1, -0.05) is 12.1 Å². The van der Waals surface area contributed by atoms with Crippen molar-refractivity contribution in [1.82, 2.24) is 5.32 Å². The second kappa shape index (κ2) is 6.24. The lowest BCUT2D eigenvalue weighted by atomic mass is 9.80. The Morgan fingerprint density at radius 3 is 2.50 bits per heavy atom. The van der Waals surface area contributed by atoms with Gasteiger partial charge in [-0.2, -0.15) is 0 Å². The van der Waals surface area contributed by atoms with E-state index in [2.05, 4.69) is 10.6 Å². The molecule has 1 aromatic rings. The number of ether oxygens (including phenoxy) is 1. The lowest BCUT2D eigenvalue weighted by molar-refractivity contribution is -0.0671. The molecule has 1 unspecified atom stereocenters. The third-order valence-electron chi connectivity index (χ3n) is 3.96. The fourth-order valence-corrected chi connectivity index (χ4v) is 2.31. The highest BCUT2D eigenvalue weighted by molar-refractivity contribution is 5.89. The van der Waals surface area contributed by atoms with Crippen molar-refractivity contribution in [3.8, 4) is 0 Å². The molecule has 1 aliphatic rings. The number of amides is 2. The van der Waals surface area contributed by atoms with Crippen molar-refractivity contribution < 1.29 is 9.53 Å². The van der Waals surface area contributed by atoms with Crippen LogP contribution in [0.2, 0.25) is 0 Å². The van der Waals surface area contributed by atoms with Crippen molar-refractivity contribution in [3.63, 3.8) is 0 Å². The molecule has 0 aromatic heterocycles. The first-order chi connectivity index (χ1) is 9.54. The van der Waals surface area contributed by atoms with Gasteiger partial charge in [0.1, 0.15) is 0 Å². The maximum absolute atomic E-state index is 11.8. The topological polar surface area (TPSA) is 76.4 Å². The Labute approximate surface area is 119 Å². The number of nitrogens with two attached hydrogens (primary N) is 1. The molecule has 0 aliphatic heterocycles. The molecule has 5 heteroatoms. The van der Waals surface area contributed by atoms with Crippen molar-refractivity contribution in [3.05, 3.63) is 29.8 Å². The molecule has 0 spiro atoms. The fraction of sp³-hybridized carbons (Fsp3) is 0.533. The SMILES string of the molecule is COC1(CNC(=O)Nc2ccc(C(C)N)cc2)CCC1. The summed E-state index contributed by atoms with van der Waals surface area (Å²) in [5, 5.41) is 5.67. The normalized spacial score (nSPS) is 17.9. The zero-order chi connectivity index (χ0) is 14.6. The van der Waals surface area contributed by atoms with Crippen LogP contribution in [0.3, 0.4) is 0 Å². The molecular weight excluding hydrogens is 254 g/mol. The molecule has 1 aliphatic carbocycles. The predicted octanol–water partition coefficient (Wildman–Crippen LogP) is 2.40. The zero-order valence-corrected chi connectivity index (χ0v) is 12.1. The van der Waals surface area contributed by atoms with Gasteiger partial charge in [0.2, 0.25) is 0 Å². The predicted molar refractivity (Wildman–Crippen MR) is 79.7 cm³/mol. The molecule has 0 heterocycles. The van der Waals surface area contributed by atoms with Crippen LogP contribution in [-0.4, -0.2) is 25.3 Å². The highest BCUT2D eigenvalue weighted by atomic mass is 16.5. The van der Waals surface area contributed by atoms with Crippen LogP contribution in [-0.2, 0) is 4.74 Å². The summed E-state index contributed by atoms with van der Waals surface area (Å²) in [5.74, 6) is 0. The molecule has 1 aromatic carbocycles. The van der Waals surface area contributed by atoms with Crippen molar-refractivity contribution >= 4 is 11.7 Å². The minimum Gasteiger partial charge on any atom is -0.376 e. The molecule has 4 N–H and O–H groups in total. The monoisotopic (exact) mass is 277 g/mol. The summed E-state index contributed by atoms with van der Waals surface area (Å²) in [6.45, 7) is 2.48. The van der Waals surface area contributed by atoms with Crippen molar-refractivity contribution in [2.75, 3.05) is 19.0 Å². The van der Waals surface area contributed by atoms with E-state index >= 15 is 0 Å². The van der Waals surface area contributed by atoms with Gasteiger partial charge in [-0.05, 0) is 43.9 Å². The summed E-state index contributed by atoms with van der Waals surface area (Å²) < 4.78 is 5.46. The Balaban J connectivity index is 1.82. The quantitative estimate of drug-likeness (QED) is 0.773. The summed E-state index contributed by atoms with van der Waals surface area (Å²) >= 11 is 0. The zero-order valence-electron chi connectivity index (χ0n) is 12.1. The molecule has 2 amide bonds. The summed E-state index contributed by atoms with van der Waals surface area (Å²) in [6.07, 6.45) is 3.18. The van der Waals surface area contributed by atoms with Crippen molar-refractivity contribution in [2.45, 2.75) is 37.8 Å². The number of methoxy groups -OCH3 is 1. The highest BCUT2D eigenvalue weighted by Gasteiger charge is 2.37. The fourth-order valence-electron chi connectivity index (χ4n) is 2.31. The van der Waals surface area contributed by atoms with Crippen LogP contribution in [0.4, 0.5) is 10.5 Å². The van der Waals surface area contributed by atoms with Gasteiger partial charge < -0.3 is 21.1 Å². The molecule has 1 atom stereocenters. The summed E-state index contributed by atoms with van der Waals surface area (Å²) in [7, 11) is 1.70. The first-order valence-electron chi connectivity index (χ1n) is 7.00. The molecule has 110 valence electrons. The van der Waals surface area contributed by atoms with E-state index in [-0.39, 0.29) is 17.7 Å². The molecule has 1 fully saturated rings. The van der Waals surface area contributed by atoms with Crippen molar-refractivity contribution in [1.29, 1.82) is 0 Å². The van der Waals surface area contributed by atoms with Gasteiger partial charge in [0.25, 0.3) is 0 Å². The summed E-state index contributed by atoms with van der Waals surface area (Å²) in [5.41, 5.74) is 7.43. The van der Waals surface area contributed by atoms with Gasteiger partial charge in [0.05, 0.1) is 5.60 Å². The van der Waals surface area contributed by atoms with Crippen LogP contribution in [0.5, 0.6) is 0 Å². The maximum atomic E-state index is 11.8. The Hall–Kier alpha value is -1.59. The van der Waals surface area contributed by atoms with E-state index in [0.29, 0.717) is 6.54 Å². The van der Waals surface area contributed by atoms with E-state index < -0.39 is 0 Å². The van der Waals surface area contributed by atoms with Crippen LogP contribution >= 0.6 is 0 Å². The largest absolute Gasteiger partial charge is 0.376 e. The minimum absolute atomic E-state index is 0.00180. The second-order valence-electron chi connectivity index (χ2n) is 5.46. The van der Waals surface area contributed by atoms with Gasteiger partial charge in [-0.3, -0.25) is 0 Å².